The van der Waals surface area contributed by atoms with Crippen molar-refractivity contribution in [1.29, 1.82) is 0 Å². The monoisotopic (exact) mass is 338 g/mol. The van der Waals surface area contributed by atoms with E-state index in [-0.39, 0.29) is 6.54 Å². The number of anilines is 1. The second-order valence-corrected chi connectivity index (χ2v) is 5.73. The van der Waals surface area contributed by atoms with Gasteiger partial charge in [0.2, 0.25) is 0 Å². The topological polar surface area (TPSA) is 15.6 Å². The van der Waals surface area contributed by atoms with Crippen LogP contribution in [0.25, 0.3) is 0 Å². The fourth-order valence-corrected chi connectivity index (χ4v) is 2.86. The molecular formula is C17H14ClF3N2. The van der Waals surface area contributed by atoms with Crippen molar-refractivity contribution >= 4 is 23.0 Å². The van der Waals surface area contributed by atoms with E-state index in [1.54, 1.807) is 18.2 Å². The fourth-order valence-electron chi connectivity index (χ4n) is 2.69. The number of hydrogen-bond donors (Lipinski definition) is 0. The minimum absolute atomic E-state index is 0.213. The molecule has 0 bridgehead atoms. The Morgan fingerprint density at radius 3 is 2.52 bits per heavy atom. The van der Waals surface area contributed by atoms with Gasteiger partial charge in [-0.1, -0.05) is 41.9 Å². The summed E-state index contributed by atoms with van der Waals surface area (Å²) in [6.45, 7) is -0.490. The van der Waals surface area contributed by atoms with Crippen LogP contribution < -0.4 is 4.90 Å². The van der Waals surface area contributed by atoms with Crippen LogP contribution in [-0.2, 0) is 0 Å². The molecule has 0 atom stereocenters. The molecular weight excluding hydrogens is 325 g/mol. The van der Waals surface area contributed by atoms with Gasteiger partial charge in [0.25, 0.3) is 0 Å². The standard InChI is InChI=1S/C17H14ClF3N2/c18-13-6-7-15-14(10-13)16(12-4-2-1-3-5-12)22-8-9-23(15)11-17(19,20)21/h1-7,10H,8-9,11H2. The quantitative estimate of drug-likeness (QED) is 0.783. The molecule has 0 spiro atoms. The lowest BCUT2D eigenvalue weighted by Crippen LogP contribution is -2.36. The molecule has 1 heterocycles. The van der Waals surface area contributed by atoms with E-state index in [1.807, 2.05) is 30.3 Å². The Labute approximate surface area is 137 Å². The van der Waals surface area contributed by atoms with Crippen molar-refractivity contribution in [3.8, 4) is 0 Å². The summed E-state index contributed by atoms with van der Waals surface area (Å²) in [4.78, 5) is 5.82. The van der Waals surface area contributed by atoms with Crippen LogP contribution in [0, 0.1) is 0 Å². The maximum atomic E-state index is 12.9. The molecule has 2 aromatic carbocycles. The third-order valence-corrected chi connectivity index (χ3v) is 3.85. The molecule has 0 unspecified atom stereocenters. The Hall–Kier alpha value is -2.01. The Morgan fingerprint density at radius 2 is 1.83 bits per heavy atom. The van der Waals surface area contributed by atoms with Crippen molar-refractivity contribution in [2.75, 3.05) is 24.5 Å². The van der Waals surface area contributed by atoms with Gasteiger partial charge in [-0.15, -0.1) is 0 Å². The van der Waals surface area contributed by atoms with Crippen molar-refractivity contribution in [1.82, 2.24) is 0 Å². The smallest absolute Gasteiger partial charge is 0.360 e. The van der Waals surface area contributed by atoms with Crippen molar-refractivity contribution in [2.24, 2.45) is 4.99 Å². The van der Waals surface area contributed by atoms with Crippen LogP contribution in [0.4, 0.5) is 18.9 Å². The first-order valence-corrected chi connectivity index (χ1v) is 7.53. The summed E-state index contributed by atoms with van der Waals surface area (Å²) >= 11 is 6.07. The number of nitrogens with zero attached hydrogens (tertiary/aromatic N) is 2. The molecule has 2 aromatic rings. The molecule has 0 saturated heterocycles. The first-order valence-electron chi connectivity index (χ1n) is 7.15. The largest absolute Gasteiger partial charge is 0.405 e. The van der Waals surface area contributed by atoms with E-state index in [4.69, 9.17) is 11.6 Å². The predicted molar refractivity (Wildman–Crippen MR) is 86.7 cm³/mol. The third-order valence-electron chi connectivity index (χ3n) is 3.61. The molecule has 6 heteroatoms. The zero-order chi connectivity index (χ0) is 16.4. The van der Waals surface area contributed by atoms with E-state index in [9.17, 15) is 13.2 Å². The summed E-state index contributed by atoms with van der Waals surface area (Å²) in [5, 5.41) is 0.473. The van der Waals surface area contributed by atoms with Crippen LogP contribution in [0.3, 0.4) is 0 Å². The Bertz CT molecular complexity index is 726. The van der Waals surface area contributed by atoms with Gasteiger partial charge in [0.1, 0.15) is 6.54 Å². The maximum absolute atomic E-state index is 12.9. The van der Waals surface area contributed by atoms with E-state index in [0.717, 1.165) is 5.56 Å². The molecule has 0 radical (unpaired) electrons. The van der Waals surface area contributed by atoms with Crippen LogP contribution in [0.2, 0.25) is 5.02 Å². The average molecular weight is 339 g/mol. The average Bonchev–Trinajstić information content (AvgIpc) is 2.66. The second kappa shape index (κ2) is 6.24. The van der Waals surface area contributed by atoms with Crippen molar-refractivity contribution in [3.05, 3.63) is 64.7 Å². The van der Waals surface area contributed by atoms with Gasteiger partial charge >= 0.3 is 6.18 Å². The van der Waals surface area contributed by atoms with E-state index in [2.05, 4.69) is 4.99 Å². The molecule has 0 aromatic heterocycles. The highest BCUT2D eigenvalue weighted by atomic mass is 35.5. The summed E-state index contributed by atoms with van der Waals surface area (Å²) in [7, 11) is 0. The highest BCUT2D eigenvalue weighted by Gasteiger charge is 2.32. The van der Waals surface area contributed by atoms with Gasteiger partial charge in [-0.2, -0.15) is 13.2 Å². The first-order chi connectivity index (χ1) is 10.9. The minimum Gasteiger partial charge on any atom is -0.360 e. The molecule has 1 aliphatic heterocycles. The Morgan fingerprint density at radius 1 is 1.09 bits per heavy atom. The van der Waals surface area contributed by atoms with Gasteiger partial charge in [0.15, 0.2) is 0 Å². The Balaban J connectivity index is 2.09. The lowest BCUT2D eigenvalue weighted by molar-refractivity contribution is -0.119. The van der Waals surface area contributed by atoms with Crippen LogP contribution >= 0.6 is 11.6 Å². The lowest BCUT2D eigenvalue weighted by atomic mass is 10.0. The molecule has 1 aliphatic rings. The van der Waals surface area contributed by atoms with E-state index < -0.39 is 12.7 Å². The molecule has 0 saturated carbocycles. The molecule has 0 N–H and O–H groups in total. The SMILES string of the molecule is FC(F)(F)CN1CCN=C(c2ccccc2)c2cc(Cl)ccc21. The van der Waals surface area contributed by atoms with E-state index >= 15 is 0 Å². The number of fused-ring (bicyclic) bond motifs is 1. The van der Waals surface area contributed by atoms with Gasteiger partial charge in [-0.25, -0.2) is 0 Å². The normalized spacial score (nSPS) is 15.0. The van der Waals surface area contributed by atoms with Crippen LogP contribution in [0.5, 0.6) is 0 Å². The molecule has 0 aliphatic carbocycles. The number of aliphatic imine (C=N–C) groups is 1. The highest BCUT2D eigenvalue weighted by Crippen LogP contribution is 2.31. The highest BCUT2D eigenvalue weighted by molar-refractivity contribution is 6.31. The van der Waals surface area contributed by atoms with Crippen LogP contribution in [-0.4, -0.2) is 31.5 Å². The number of alkyl halides is 3. The summed E-state index contributed by atoms with van der Waals surface area (Å²) in [6, 6.07) is 14.3. The zero-order valence-corrected chi connectivity index (χ0v) is 12.9. The predicted octanol–water partition coefficient (Wildman–Crippen LogP) is 4.56. The minimum atomic E-state index is -4.27. The maximum Gasteiger partial charge on any atom is 0.405 e. The zero-order valence-electron chi connectivity index (χ0n) is 12.1. The molecule has 3 rings (SSSR count). The fraction of sp³-hybridized carbons (Fsp3) is 0.235. The second-order valence-electron chi connectivity index (χ2n) is 5.29. The molecule has 0 amide bonds. The van der Waals surface area contributed by atoms with Crippen LogP contribution in [0.15, 0.2) is 53.5 Å². The molecule has 120 valence electrons. The van der Waals surface area contributed by atoms with Crippen LogP contribution in [0.1, 0.15) is 11.1 Å². The number of hydrogen-bond acceptors (Lipinski definition) is 2. The van der Waals surface area contributed by atoms with Crippen molar-refractivity contribution in [2.45, 2.75) is 6.18 Å². The van der Waals surface area contributed by atoms with Gasteiger partial charge < -0.3 is 4.90 Å². The number of benzodiazepines with no additional fused rings is 1. The van der Waals surface area contributed by atoms with Gasteiger partial charge in [-0.3, -0.25) is 4.99 Å². The van der Waals surface area contributed by atoms with Crippen molar-refractivity contribution < 1.29 is 13.2 Å². The van der Waals surface area contributed by atoms with E-state index in [0.29, 0.717) is 28.5 Å². The number of benzene rings is 2. The number of halogens is 4. The van der Waals surface area contributed by atoms with E-state index in [1.165, 1.54) is 4.90 Å². The molecule has 0 fully saturated rings. The molecule has 23 heavy (non-hydrogen) atoms. The van der Waals surface area contributed by atoms with Gasteiger partial charge in [0.05, 0.1) is 12.3 Å². The molecule has 2 nitrogen and oxygen atoms in total. The van der Waals surface area contributed by atoms with Gasteiger partial charge in [0, 0.05) is 28.4 Å². The van der Waals surface area contributed by atoms with Crippen molar-refractivity contribution in [3.63, 3.8) is 0 Å². The third kappa shape index (κ3) is 3.67. The summed E-state index contributed by atoms with van der Waals surface area (Å²) in [5.41, 5.74) is 2.68. The lowest BCUT2D eigenvalue weighted by Gasteiger charge is -2.26. The van der Waals surface area contributed by atoms with Gasteiger partial charge in [-0.05, 0) is 18.2 Å². The first kappa shape index (κ1) is 15.9. The summed E-state index contributed by atoms with van der Waals surface area (Å²) in [6.07, 6.45) is -4.27. The Kier molecular flexibility index (Phi) is 4.31. The summed E-state index contributed by atoms with van der Waals surface area (Å²) in [5.74, 6) is 0. The summed E-state index contributed by atoms with van der Waals surface area (Å²) < 4.78 is 38.6. The number of rotatable bonds is 2.